The summed E-state index contributed by atoms with van der Waals surface area (Å²) in [4.78, 5) is 0. The summed E-state index contributed by atoms with van der Waals surface area (Å²) in [6.45, 7) is 1.51. The molecule has 1 aliphatic heterocycles. The molecule has 20 heavy (non-hydrogen) atoms. The zero-order valence-electron chi connectivity index (χ0n) is 12.1. The van der Waals surface area contributed by atoms with E-state index in [0.717, 1.165) is 50.2 Å². The average molecular weight is 277 g/mol. The van der Waals surface area contributed by atoms with Crippen molar-refractivity contribution in [3.8, 4) is 11.5 Å². The molecule has 4 heteroatoms. The number of methoxy groups -OCH3 is 1. The Balaban J connectivity index is 1.69. The van der Waals surface area contributed by atoms with Crippen LogP contribution in [0, 0.1) is 0 Å². The van der Waals surface area contributed by atoms with Gasteiger partial charge in [-0.3, -0.25) is 0 Å². The lowest BCUT2D eigenvalue weighted by Crippen LogP contribution is -2.28. The first-order valence-electron chi connectivity index (χ1n) is 7.39. The summed E-state index contributed by atoms with van der Waals surface area (Å²) in [5, 5.41) is 0. The van der Waals surface area contributed by atoms with Gasteiger partial charge in [0.25, 0.3) is 0 Å². The summed E-state index contributed by atoms with van der Waals surface area (Å²) in [5.41, 5.74) is 7.40. The minimum Gasteiger partial charge on any atom is -0.493 e. The molecule has 2 N–H and O–H groups in total. The van der Waals surface area contributed by atoms with Crippen LogP contribution in [0.25, 0.3) is 0 Å². The number of ether oxygens (including phenoxy) is 3. The van der Waals surface area contributed by atoms with E-state index in [-0.39, 0.29) is 11.6 Å². The normalized spacial score (nSPS) is 24.2. The highest BCUT2D eigenvalue weighted by molar-refractivity contribution is 5.43. The molecule has 0 bridgehead atoms. The van der Waals surface area contributed by atoms with Crippen LogP contribution < -0.4 is 15.2 Å². The molecule has 2 fully saturated rings. The van der Waals surface area contributed by atoms with Gasteiger partial charge < -0.3 is 19.9 Å². The van der Waals surface area contributed by atoms with Crippen molar-refractivity contribution in [2.75, 3.05) is 20.3 Å². The summed E-state index contributed by atoms with van der Waals surface area (Å²) in [7, 11) is 1.68. The lowest BCUT2D eigenvalue weighted by molar-refractivity contribution is 0.00643. The van der Waals surface area contributed by atoms with Crippen LogP contribution in [0.1, 0.15) is 31.2 Å². The predicted octanol–water partition coefficient (Wildman–Crippen LogP) is 2.29. The number of hydrogen-bond donors (Lipinski definition) is 1. The van der Waals surface area contributed by atoms with Gasteiger partial charge in [-0.15, -0.1) is 0 Å². The molecule has 1 aromatic rings. The fraction of sp³-hybridized carbons (Fsp3) is 0.625. The van der Waals surface area contributed by atoms with Gasteiger partial charge in [0.15, 0.2) is 11.5 Å². The van der Waals surface area contributed by atoms with E-state index in [1.54, 1.807) is 7.11 Å². The molecule has 1 heterocycles. The number of rotatable bonds is 5. The SMILES string of the molecule is COc1cc(CC2(N)CC2)ccc1OC1CCCOC1. The summed E-state index contributed by atoms with van der Waals surface area (Å²) in [6, 6.07) is 6.13. The highest BCUT2D eigenvalue weighted by atomic mass is 16.5. The molecule has 0 amide bonds. The Hall–Kier alpha value is -1.26. The molecule has 1 aromatic carbocycles. The van der Waals surface area contributed by atoms with E-state index in [1.807, 2.05) is 12.1 Å². The first-order valence-corrected chi connectivity index (χ1v) is 7.39. The molecule has 2 aliphatic rings. The number of hydrogen-bond acceptors (Lipinski definition) is 4. The summed E-state index contributed by atoms with van der Waals surface area (Å²) in [6.07, 6.45) is 5.38. The van der Waals surface area contributed by atoms with Crippen LogP contribution in [0.5, 0.6) is 11.5 Å². The van der Waals surface area contributed by atoms with Crippen LogP contribution in [0.4, 0.5) is 0 Å². The van der Waals surface area contributed by atoms with Gasteiger partial charge in [0, 0.05) is 12.1 Å². The topological polar surface area (TPSA) is 53.7 Å². The van der Waals surface area contributed by atoms with Gasteiger partial charge >= 0.3 is 0 Å². The first-order chi connectivity index (χ1) is 9.68. The van der Waals surface area contributed by atoms with Crippen LogP contribution in [0.15, 0.2) is 18.2 Å². The minimum absolute atomic E-state index is 0.0184. The van der Waals surface area contributed by atoms with Crippen molar-refractivity contribution in [1.82, 2.24) is 0 Å². The summed E-state index contributed by atoms with van der Waals surface area (Å²) < 4.78 is 16.9. The van der Waals surface area contributed by atoms with Gasteiger partial charge in [-0.25, -0.2) is 0 Å². The molecule has 4 nitrogen and oxygen atoms in total. The maximum Gasteiger partial charge on any atom is 0.161 e. The van der Waals surface area contributed by atoms with E-state index < -0.39 is 0 Å². The van der Waals surface area contributed by atoms with Crippen LogP contribution in [0.3, 0.4) is 0 Å². The fourth-order valence-electron chi connectivity index (χ4n) is 2.65. The predicted molar refractivity (Wildman–Crippen MR) is 77.3 cm³/mol. The van der Waals surface area contributed by atoms with E-state index in [9.17, 15) is 0 Å². The molecule has 1 saturated carbocycles. The van der Waals surface area contributed by atoms with Gasteiger partial charge in [-0.1, -0.05) is 6.07 Å². The zero-order valence-corrected chi connectivity index (χ0v) is 12.1. The monoisotopic (exact) mass is 277 g/mol. The molecule has 1 aliphatic carbocycles. The molecule has 3 rings (SSSR count). The fourth-order valence-corrected chi connectivity index (χ4v) is 2.65. The molecular weight excluding hydrogens is 254 g/mol. The van der Waals surface area contributed by atoms with Crippen molar-refractivity contribution in [2.24, 2.45) is 5.73 Å². The molecule has 110 valence electrons. The highest BCUT2D eigenvalue weighted by Crippen LogP contribution is 2.38. The van der Waals surface area contributed by atoms with E-state index >= 15 is 0 Å². The molecule has 1 saturated heterocycles. The van der Waals surface area contributed by atoms with Crippen molar-refractivity contribution in [1.29, 1.82) is 0 Å². The third kappa shape index (κ3) is 3.25. The number of benzene rings is 1. The average Bonchev–Trinajstić information content (AvgIpc) is 3.19. The van der Waals surface area contributed by atoms with Crippen molar-refractivity contribution in [2.45, 2.75) is 43.7 Å². The maximum atomic E-state index is 6.17. The Kier molecular flexibility index (Phi) is 3.85. The van der Waals surface area contributed by atoms with E-state index in [1.165, 1.54) is 5.56 Å². The van der Waals surface area contributed by atoms with Crippen molar-refractivity contribution in [3.05, 3.63) is 23.8 Å². The Morgan fingerprint density at radius 1 is 1.35 bits per heavy atom. The van der Waals surface area contributed by atoms with E-state index in [4.69, 9.17) is 19.9 Å². The lowest BCUT2D eigenvalue weighted by Gasteiger charge is -2.24. The molecule has 0 aromatic heterocycles. The molecule has 1 atom stereocenters. The Bertz CT molecular complexity index is 465. The number of nitrogens with two attached hydrogens (primary N) is 1. The third-order valence-electron chi connectivity index (χ3n) is 4.09. The Morgan fingerprint density at radius 3 is 2.85 bits per heavy atom. The van der Waals surface area contributed by atoms with Crippen LogP contribution in [-0.2, 0) is 11.2 Å². The van der Waals surface area contributed by atoms with Gasteiger partial charge in [0.1, 0.15) is 6.10 Å². The van der Waals surface area contributed by atoms with Crippen molar-refractivity contribution >= 4 is 0 Å². The standard InChI is InChI=1S/C16H23NO3/c1-18-15-9-12(10-16(17)6-7-16)4-5-14(15)20-13-3-2-8-19-11-13/h4-5,9,13H,2-3,6-8,10-11,17H2,1H3. The van der Waals surface area contributed by atoms with Crippen molar-refractivity contribution in [3.63, 3.8) is 0 Å². The third-order valence-corrected chi connectivity index (χ3v) is 4.09. The first kappa shape index (κ1) is 13.7. The molecular formula is C16H23NO3. The molecule has 0 spiro atoms. The largest absolute Gasteiger partial charge is 0.493 e. The van der Waals surface area contributed by atoms with E-state index in [2.05, 4.69) is 6.07 Å². The minimum atomic E-state index is 0.0184. The van der Waals surface area contributed by atoms with Gasteiger partial charge in [0.2, 0.25) is 0 Å². The Morgan fingerprint density at radius 2 is 2.20 bits per heavy atom. The van der Waals surface area contributed by atoms with Gasteiger partial charge in [-0.2, -0.15) is 0 Å². The lowest BCUT2D eigenvalue weighted by atomic mass is 10.0. The summed E-state index contributed by atoms with van der Waals surface area (Å²) in [5.74, 6) is 1.59. The highest BCUT2D eigenvalue weighted by Gasteiger charge is 2.38. The molecule has 0 radical (unpaired) electrons. The zero-order chi connectivity index (χ0) is 14.0. The summed E-state index contributed by atoms with van der Waals surface area (Å²) >= 11 is 0. The smallest absolute Gasteiger partial charge is 0.161 e. The Labute approximate surface area is 120 Å². The second-order valence-electron chi connectivity index (χ2n) is 5.98. The van der Waals surface area contributed by atoms with Gasteiger partial charge in [0.05, 0.1) is 13.7 Å². The van der Waals surface area contributed by atoms with Crippen LogP contribution in [-0.4, -0.2) is 32.0 Å². The van der Waals surface area contributed by atoms with Crippen LogP contribution >= 0.6 is 0 Å². The maximum absolute atomic E-state index is 6.17. The van der Waals surface area contributed by atoms with Gasteiger partial charge in [-0.05, 0) is 49.8 Å². The second-order valence-corrected chi connectivity index (χ2v) is 5.98. The van der Waals surface area contributed by atoms with Crippen LogP contribution in [0.2, 0.25) is 0 Å². The van der Waals surface area contributed by atoms with Crippen molar-refractivity contribution < 1.29 is 14.2 Å². The quantitative estimate of drug-likeness (QED) is 0.897. The second kappa shape index (κ2) is 5.62. The van der Waals surface area contributed by atoms with E-state index in [0.29, 0.717) is 6.61 Å². The molecule has 1 unspecified atom stereocenters.